The molecule has 28 heavy (non-hydrogen) atoms. The lowest BCUT2D eigenvalue weighted by Crippen LogP contribution is -2.41. The Bertz CT molecular complexity index is 1070. The van der Waals surface area contributed by atoms with Gasteiger partial charge in [-0.05, 0) is 48.6 Å². The maximum Gasteiger partial charge on any atom is 0.416 e. The van der Waals surface area contributed by atoms with Gasteiger partial charge in [0.25, 0.3) is 0 Å². The molecule has 5 rings (SSSR count). The number of carbonyl (C=O) groups is 1. The summed E-state index contributed by atoms with van der Waals surface area (Å²) in [6.45, 7) is 0.519. The van der Waals surface area contributed by atoms with Gasteiger partial charge in [-0.25, -0.2) is 0 Å². The fraction of sp³-hybridized carbons (Fsp3) is 0.318. The van der Waals surface area contributed by atoms with Gasteiger partial charge in [0.05, 0.1) is 11.6 Å². The lowest BCUT2D eigenvalue weighted by molar-refractivity contribution is -0.137. The molecule has 3 nitrogen and oxygen atoms in total. The number of alkyl halides is 3. The molecule has 2 aromatic carbocycles. The van der Waals surface area contributed by atoms with Crippen molar-refractivity contribution in [3.05, 3.63) is 70.9 Å². The first-order valence-corrected chi connectivity index (χ1v) is 9.50. The van der Waals surface area contributed by atoms with E-state index in [2.05, 4.69) is 4.98 Å². The smallest absolute Gasteiger partial charge is 0.356 e. The number of halogens is 3. The second-order valence-corrected chi connectivity index (χ2v) is 7.64. The van der Waals surface area contributed by atoms with Gasteiger partial charge in [-0.3, -0.25) is 4.79 Å². The van der Waals surface area contributed by atoms with Gasteiger partial charge in [-0.15, -0.1) is 0 Å². The SMILES string of the molecule is O=C(C1CC1)N1CCc2c([nH]c3ccccc23)C1c1cccc(C(F)(F)F)c1. The number of nitrogens with one attached hydrogen (secondary N) is 1. The van der Waals surface area contributed by atoms with Crippen molar-refractivity contribution < 1.29 is 18.0 Å². The second-order valence-electron chi connectivity index (χ2n) is 7.64. The molecule has 1 fully saturated rings. The summed E-state index contributed by atoms with van der Waals surface area (Å²) in [5, 5.41) is 1.08. The average molecular weight is 384 g/mol. The summed E-state index contributed by atoms with van der Waals surface area (Å²) in [5.41, 5.74) is 2.69. The molecule has 144 valence electrons. The molecule has 1 saturated carbocycles. The monoisotopic (exact) mass is 384 g/mol. The predicted molar refractivity (Wildman–Crippen MR) is 99.7 cm³/mol. The lowest BCUT2D eigenvalue weighted by Gasteiger charge is -2.36. The molecule has 1 N–H and O–H groups in total. The van der Waals surface area contributed by atoms with Gasteiger partial charge < -0.3 is 9.88 Å². The van der Waals surface area contributed by atoms with Crippen LogP contribution in [0.2, 0.25) is 0 Å². The molecule has 2 aliphatic rings. The predicted octanol–water partition coefficient (Wildman–Crippen LogP) is 5.07. The molecular formula is C22H19F3N2O. The van der Waals surface area contributed by atoms with Gasteiger partial charge in [0, 0.05) is 29.1 Å². The highest BCUT2D eigenvalue weighted by Gasteiger charge is 2.41. The third-order valence-corrected chi connectivity index (χ3v) is 5.77. The summed E-state index contributed by atoms with van der Waals surface area (Å²) in [7, 11) is 0. The van der Waals surface area contributed by atoms with Crippen molar-refractivity contribution in [2.75, 3.05) is 6.54 Å². The first-order valence-electron chi connectivity index (χ1n) is 9.50. The number of benzene rings is 2. The third-order valence-electron chi connectivity index (χ3n) is 5.77. The van der Waals surface area contributed by atoms with Gasteiger partial charge in [-0.1, -0.05) is 30.3 Å². The zero-order valence-electron chi connectivity index (χ0n) is 15.1. The molecule has 1 aliphatic heterocycles. The molecule has 2 heterocycles. The molecule has 1 amide bonds. The van der Waals surface area contributed by atoms with E-state index in [1.54, 1.807) is 11.0 Å². The summed E-state index contributed by atoms with van der Waals surface area (Å²) in [6.07, 6.45) is -1.99. The lowest BCUT2D eigenvalue weighted by atomic mass is 9.91. The van der Waals surface area contributed by atoms with Crippen LogP contribution in [0.3, 0.4) is 0 Å². The van der Waals surface area contributed by atoms with E-state index in [1.165, 1.54) is 12.1 Å². The summed E-state index contributed by atoms with van der Waals surface area (Å²) in [4.78, 5) is 18.1. The number of hydrogen-bond donors (Lipinski definition) is 1. The minimum absolute atomic E-state index is 0.0132. The van der Waals surface area contributed by atoms with E-state index >= 15 is 0 Å². The first kappa shape index (κ1) is 17.3. The minimum Gasteiger partial charge on any atom is -0.356 e. The standard InChI is InChI=1S/C22H19F3N2O/c23-22(24,25)15-5-3-4-14(12-15)20-19-17(16-6-1-2-7-18(16)26-19)10-11-27(20)21(28)13-8-9-13/h1-7,12-13,20,26H,8-11H2. The van der Waals surface area contributed by atoms with Crippen molar-refractivity contribution in [2.45, 2.75) is 31.5 Å². The van der Waals surface area contributed by atoms with Gasteiger partial charge in [-0.2, -0.15) is 13.2 Å². The number of para-hydroxylation sites is 1. The van der Waals surface area contributed by atoms with E-state index < -0.39 is 17.8 Å². The molecule has 1 aliphatic carbocycles. The fourth-order valence-corrected chi connectivity index (χ4v) is 4.27. The van der Waals surface area contributed by atoms with E-state index in [1.807, 2.05) is 24.3 Å². The number of aromatic nitrogens is 1. The van der Waals surface area contributed by atoms with Crippen LogP contribution in [0.4, 0.5) is 13.2 Å². The van der Waals surface area contributed by atoms with Crippen LogP contribution in [0.5, 0.6) is 0 Å². The highest BCUT2D eigenvalue weighted by Crippen LogP contribution is 2.42. The van der Waals surface area contributed by atoms with Crippen LogP contribution in [0.15, 0.2) is 48.5 Å². The molecule has 0 spiro atoms. The van der Waals surface area contributed by atoms with Crippen LogP contribution in [-0.4, -0.2) is 22.3 Å². The van der Waals surface area contributed by atoms with Gasteiger partial charge in [0.2, 0.25) is 5.91 Å². The Morgan fingerprint density at radius 1 is 1.07 bits per heavy atom. The van der Waals surface area contributed by atoms with Crippen molar-refractivity contribution in [3.8, 4) is 0 Å². The molecular weight excluding hydrogens is 365 g/mol. The first-order chi connectivity index (χ1) is 13.4. The van der Waals surface area contributed by atoms with Gasteiger partial charge in [0.1, 0.15) is 0 Å². The summed E-state index contributed by atoms with van der Waals surface area (Å²) >= 11 is 0. The van der Waals surface area contributed by atoms with E-state index in [4.69, 9.17) is 0 Å². The molecule has 6 heteroatoms. The molecule has 0 saturated heterocycles. The maximum absolute atomic E-state index is 13.3. The normalized spacial score (nSPS) is 19.7. The molecule has 0 bridgehead atoms. The van der Waals surface area contributed by atoms with E-state index in [0.717, 1.165) is 41.1 Å². The highest BCUT2D eigenvalue weighted by atomic mass is 19.4. The number of nitrogens with zero attached hydrogens (tertiary/aromatic N) is 1. The van der Waals surface area contributed by atoms with Crippen LogP contribution >= 0.6 is 0 Å². The number of carbonyl (C=O) groups excluding carboxylic acids is 1. The Kier molecular flexibility index (Phi) is 3.79. The number of amides is 1. The van der Waals surface area contributed by atoms with Crippen LogP contribution in [0.25, 0.3) is 10.9 Å². The Morgan fingerprint density at radius 2 is 1.86 bits per heavy atom. The van der Waals surface area contributed by atoms with E-state index in [9.17, 15) is 18.0 Å². The van der Waals surface area contributed by atoms with Gasteiger partial charge in [0.15, 0.2) is 0 Å². The Balaban J connectivity index is 1.68. The number of hydrogen-bond acceptors (Lipinski definition) is 1. The molecule has 3 aromatic rings. The van der Waals surface area contributed by atoms with Crippen LogP contribution in [0, 0.1) is 5.92 Å². The maximum atomic E-state index is 13.3. The molecule has 1 unspecified atom stereocenters. The Labute approximate surface area is 160 Å². The average Bonchev–Trinajstić information content (AvgIpc) is 3.46. The third kappa shape index (κ3) is 2.79. The zero-order chi connectivity index (χ0) is 19.5. The van der Waals surface area contributed by atoms with E-state index in [-0.39, 0.29) is 11.8 Å². The largest absolute Gasteiger partial charge is 0.416 e. The van der Waals surface area contributed by atoms with Crippen LogP contribution < -0.4 is 0 Å². The number of fused-ring (bicyclic) bond motifs is 3. The molecule has 0 radical (unpaired) electrons. The quantitative estimate of drug-likeness (QED) is 0.658. The Hall–Kier alpha value is -2.76. The topological polar surface area (TPSA) is 36.1 Å². The number of H-pyrrole nitrogens is 1. The molecule has 1 aromatic heterocycles. The summed E-state index contributed by atoms with van der Waals surface area (Å²) in [6, 6.07) is 12.7. The fourth-order valence-electron chi connectivity index (χ4n) is 4.27. The summed E-state index contributed by atoms with van der Waals surface area (Å²) in [5.74, 6) is 0.0611. The van der Waals surface area contributed by atoms with Crippen molar-refractivity contribution in [3.63, 3.8) is 0 Å². The van der Waals surface area contributed by atoms with Crippen molar-refractivity contribution in [2.24, 2.45) is 5.92 Å². The number of rotatable bonds is 2. The highest BCUT2D eigenvalue weighted by molar-refractivity contribution is 5.87. The van der Waals surface area contributed by atoms with E-state index in [0.29, 0.717) is 18.5 Å². The molecule has 1 atom stereocenters. The summed E-state index contributed by atoms with van der Waals surface area (Å²) < 4.78 is 39.9. The van der Waals surface area contributed by atoms with Crippen LogP contribution in [0.1, 0.15) is 41.3 Å². The van der Waals surface area contributed by atoms with Crippen LogP contribution in [-0.2, 0) is 17.4 Å². The second kappa shape index (κ2) is 6.12. The van der Waals surface area contributed by atoms with Crippen molar-refractivity contribution in [1.82, 2.24) is 9.88 Å². The zero-order valence-corrected chi connectivity index (χ0v) is 15.1. The Morgan fingerprint density at radius 3 is 2.61 bits per heavy atom. The van der Waals surface area contributed by atoms with Gasteiger partial charge >= 0.3 is 6.18 Å². The number of aromatic amines is 1. The van der Waals surface area contributed by atoms with Crippen molar-refractivity contribution >= 4 is 16.8 Å². The minimum atomic E-state index is -4.42. The van der Waals surface area contributed by atoms with Crippen molar-refractivity contribution in [1.29, 1.82) is 0 Å².